The molecule has 2 aromatic rings. The number of halogens is 2. The summed E-state index contributed by atoms with van der Waals surface area (Å²) >= 11 is 5.76. The van der Waals surface area contributed by atoms with Crippen LogP contribution in [0, 0.1) is 5.82 Å². The fraction of sp³-hybridized carbons (Fsp3) is 0.143. The van der Waals surface area contributed by atoms with E-state index < -0.39 is 0 Å². The average Bonchev–Trinajstić information content (AvgIpc) is 2.33. The Morgan fingerprint density at radius 2 is 1.81 bits per heavy atom. The van der Waals surface area contributed by atoms with Gasteiger partial charge in [-0.25, -0.2) is 4.39 Å². The molecule has 0 nitrogen and oxygen atoms in total. The van der Waals surface area contributed by atoms with Gasteiger partial charge in [0, 0.05) is 0 Å². The highest BCUT2D eigenvalue weighted by Crippen LogP contribution is 2.25. The highest BCUT2D eigenvalue weighted by Gasteiger charge is 2.03. The monoisotopic (exact) mass is 234 g/mol. The van der Waals surface area contributed by atoms with Gasteiger partial charge in [0.2, 0.25) is 0 Å². The lowest BCUT2D eigenvalue weighted by Gasteiger charge is -2.05. The molecule has 0 unspecified atom stereocenters. The standard InChI is InChI=1S/C14H12ClF/c1-2-10-4-3-5-11(8-10)12-6-7-14(16)13(15)9-12/h3-9H,2H2,1H3. The molecule has 0 atom stereocenters. The van der Waals surface area contributed by atoms with Crippen LogP contribution >= 0.6 is 11.6 Å². The van der Waals surface area contributed by atoms with Gasteiger partial charge in [0.1, 0.15) is 5.82 Å². The summed E-state index contributed by atoms with van der Waals surface area (Å²) in [6.45, 7) is 2.11. The summed E-state index contributed by atoms with van der Waals surface area (Å²) in [5.74, 6) is -0.378. The Bertz CT molecular complexity index is 506. The summed E-state index contributed by atoms with van der Waals surface area (Å²) in [5.41, 5.74) is 3.28. The molecule has 82 valence electrons. The first-order valence-electron chi connectivity index (χ1n) is 5.25. The first-order valence-corrected chi connectivity index (χ1v) is 5.63. The van der Waals surface area contributed by atoms with Crippen LogP contribution in [0.2, 0.25) is 5.02 Å². The Morgan fingerprint density at radius 1 is 1.06 bits per heavy atom. The van der Waals surface area contributed by atoms with Crippen LogP contribution < -0.4 is 0 Å². The first kappa shape index (κ1) is 11.2. The van der Waals surface area contributed by atoms with Crippen LogP contribution in [0.15, 0.2) is 42.5 Å². The number of rotatable bonds is 2. The lowest BCUT2D eigenvalue weighted by Crippen LogP contribution is -1.84. The fourth-order valence-corrected chi connectivity index (χ4v) is 1.83. The van der Waals surface area contributed by atoms with Gasteiger partial charge < -0.3 is 0 Å². The van der Waals surface area contributed by atoms with E-state index in [1.165, 1.54) is 11.6 Å². The van der Waals surface area contributed by atoms with E-state index in [0.29, 0.717) is 0 Å². The molecular formula is C14H12ClF. The van der Waals surface area contributed by atoms with Crippen molar-refractivity contribution in [2.24, 2.45) is 0 Å². The molecule has 0 saturated heterocycles. The summed E-state index contributed by atoms with van der Waals surface area (Å²) in [5, 5.41) is 0.166. The van der Waals surface area contributed by atoms with E-state index in [1.54, 1.807) is 12.1 Å². The Balaban J connectivity index is 2.46. The summed E-state index contributed by atoms with van der Waals surface area (Å²) in [6, 6.07) is 13.0. The van der Waals surface area contributed by atoms with Gasteiger partial charge in [-0.1, -0.05) is 48.9 Å². The van der Waals surface area contributed by atoms with Crippen molar-refractivity contribution < 1.29 is 4.39 Å². The van der Waals surface area contributed by atoms with Gasteiger partial charge in [0.05, 0.1) is 5.02 Å². The van der Waals surface area contributed by atoms with Crippen LogP contribution in [0.1, 0.15) is 12.5 Å². The third-order valence-electron chi connectivity index (χ3n) is 2.59. The van der Waals surface area contributed by atoms with Crippen LogP contribution in [0.25, 0.3) is 11.1 Å². The van der Waals surface area contributed by atoms with Crippen LogP contribution in [0.4, 0.5) is 4.39 Å². The molecule has 0 spiro atoms. The van der Waals surface area contributed by atoms with Crippen molar-refractivity contribution >= 4 is 11.6 Å². The van der Waals surface area contributed by atoms with E-state index in [1.807, 2.05) is 12.1 Å². The van der Waals surface area contributed by atoms with Crippen molar-refractivity contribution in [1.82, 2.24) is 0 Å². The van der Waals surface area contributed by atoms with Gasteiger partial charge in [-0.05, 0) is 35.2 Å². The minimum atomic E-state index is -0.378. The number of hydrogen-bond acceptors (Lipinski definition) is 0. The predicted octanol–water partition coefficient (Wildman–Crippen LogP) is 4.71. The number of hydrogen-bond donors (Lipinski definition) is 0. The number of aryl methyl sites for hydroxylation is 1. The molecule has 0 aliphatic rings. The third-order valence-corrected chi connectivity index (χ3v) is 2.88. The molecular weight excluding hydrogens is 223 g/mol. The van der Waals surface area contributed by atoms with Crippen molar-refractivity contribution in [2.45, 2.75) is 13.3 Å². The normalized spacial score (nSPS) is 10.4. The molecule has 2 heteroatoms. The van der Waals surface area contributed by atoms with E-state index in [2.05, 4.69) is 19.1 Å². The molecule has 2 aromatic carbocycles. The molecule has 0 aliphatic heterocycles. The highest BCUT2D eigenvalue weighted by atomic mass is 35.5. The van der Waals surface area contributed by atoms with Crippen LogP contribution in [0.3, 0.4) is 0 Å². The van der Waals surface area contributed by atoms with Gasteiger partial charge in [-0.15, -0.1) is 0 Å². The van der Waals surface area contributed by atoms with Crippen LogP contribution in [0.5, 0.6) is 0 Å². The Kier molecular flexibility index (Phi) is 3.25. The van der Waals surface area contributed by atoms with Crippen molar-refractivity contribution in [3.8, 4) is 11.1 Å². The van der Waals surface area contributed by atoms with Crippen molar-refractivity contribution in [1.29, 1.82) is 0 Å². The molecule has 0 amide bonds. The zero-order valence-electron chi connectivity index (χ0n) is 9.00. The van der Waals surface area contributed by atoms with Gasteiger partial charge in [-0.2, -0.15) is 0 Å². The molecule has 0 saturated carbocycles. The lowest BCUT2D eigenvalue weighted by molar-refractivity contribution is 0.628. The minimum absolute atomic E-state index is 0.166. The van der Waals surface area contributed by atoms with Gasteiger partial charge in [0.25, 0.3) is 0 Å². The largest absolute Gasteiger partial charge is 0.205 e. The molecule has 0 heterocycles. The predicted molar refractivity (Wildman–Crippen MR) is 66.2 cm³/mol. The van der Waals surface area contributed by atoms with Gasteiger partial charge >= 0.3 is 0 Å². The molecule has 0 N–H and O–H groups in total. The Hall–Kier alpha value is -1.34. The second-order valence-corrected chi connectivity index (χ2v) is 4.09. The smallest absolute Gasteiger partial charge is 0.141 e. The summed E-state index contributed by atoms with van der Waals surface area (Å²) in [4.78, 5) is 0. The van der Waals surface area contributed by atoms with Crippen LogP contribution in [-0.4, -0.2) is 0 Å². The molecule has 16 heavy (non-hydrogen) atoms. The van der Waals surface area contributed by atoms with E-state index in [4.69, 9.17) is 11.6 Å². The quantitative estimate of drug-likeness (QED) is 0.706. The van der Waals surface area contributed by atoms with Crippen molar-refractivity contribution in [3.05, 3.63) is 58.9 Å². The van der Waals surface area contributed by atoms with E-state index in [0.717, 1.165) is 17.5 Å². The maximum atomic E-state index is 13.0. The van der Waals surface area contributed by atoms with E-state index in [9.17, 15) is 4.39 Å². The van der Waals surface area contributed by atoms with Crippen LogP contribution in [-0.2, 0) is 6.42 Å². The molecule has 0 bridgehead atoms. The van der Waals surface area contributed by atoms with E-state index >= 15 is 0 Å². The zero-order chi connectivity index (χ0) is 11.5. The van der Waals surface area contributed by atoms with Crippen molar-refractivity contribution in [2.75, 3.05) is 0 Å². The summed E-state index contributed by atoms with van der Waals surface area (Å²) in [6.07, 6.45) is 0.989. The fourth-order valence-electron chi connectivity index (χ4n) is 1.65. The topological polar surface area (TPSA) is 0 Å². The SMILES string of the molecule is CCc1cccc(-c2ccc(F)c(Cl)c2)c1. The minimum Gasteiger partial charge on any atom is -0.205 e. The molecule has 0 fully saturated rings. The maximum absolute atomic E-state index is 13.0. The Labute approximate surface area is 99.7 Å². The van der Waals surface area contributed by atoms with Crippen molar-refractivity contribution in [3.63, 3.8) is 0 Å². The van der Waals surface area contributed by atoms with Gasteiger partial charge in [-0.3, -0.25) is 0 Å². The Morgan fingerprint density at radius 3 is 2.50 bits per heavy atom. The highest BCUT2D eigenvalue weighted by molar-refractivity contribution is 6.31. The zero-order valence-corrected chi connectivity index (χ0v) is 9.76. The summed E-state index contributed by atoms with van der Waals surface area (Å²) in [7, 11) is 0. The molecule has 0 radical (unpaired) electrons. The molecule has 2 rings (SSSR count). The van der Waals surface area contributed by atoms with E-state index in [-0.39, 0.29) is 10.8 Å². The maximum Gasteiger partial charge on any atom is 0.141 e. The second-order valence-electron chi connectivity index (χ2n) is 3.68. The summed E-state index contributed by atoms with van der Waals surface area (Å²) < 4.78 is 13.0. The van der Waals surface area contributed by atoms with Gasteiger partial charge in [0.15, 0.2) is 0 Å². The lowest BCUT2D eigenvalue weighted by atomic mass is 10.0. The first-order chi connectivity index (χ1) is 7.70. The third kappa shape index (κ3) is 2.25. The second kappa shape index (κ2) is 4.67. The molecule has 0 aromatic heterocycles. The number of benzene rings is 2. The molecule has 0 aliphatic carbocycles. The average molecular weight is 235 g/mol.